The summed E-state index contributed by atoms with van der Waals surface area (Å²) in [4.78, 5) is 26.4. The minimum absolute atomic E-state index is 0.0111. The van der Waals surface area contributed by atoms with Gasteiger partial charge < -0.3 is 14.4 Å². The van der Waals surface area contributed by atoms with Gasteiger partial charge in [-0.1, -0.05) is 49.9 Å². The van der Waals surface area contributed by atoms with E-state index >= 15 is 0 Å². The van der Waals surface area contributed by atoms with Crippen LogP contribution < -0.4 is 5.32 Å². The first kappa shape index (κ1) is 23.5. The van der Waals surface area contributed by atoms with Gasteiger partial charge in [0, 0.05) is 30.0 Å². The maximum absolute atomic E-state index is 12.5. The van der Waals surface area contributed by atoms with Gasteiger partial charge in [-0.2, -0.15) is 0 Å². The standard InChI is InChI=1S/C25H34N2O3S/c28-19-9-5-3-1-2-4-8-16-27-17-14-21(15-18-27)30-25(29)26-23-12-7-6-11-22(23)24-13-10-20-31-24/h6-7,10-13,19-21H,1-5,8-9,14-18H2,(H,26,29). The normalized spacial score (nSPS) is 15.0. The lowest BCUT2D eigenvalue weighted by atomic mass is 10.1. The third-order valence-electron chi connectivity index (χ3n) is 5.81. The molecule has 5 nitrogen and oxygen atoms in total. The van der Waals surface area contributed by atoms with Crippen LogP contribution in [0.15, 0.2) is 41.8 Å². The summed E-state index contributed by atoms with van der Waals surface area (Å²) in [5.74, 6) is 0. The molecule has 1 saturated heterocycles. The molecule has 3 rings (SSSR count). The number of unbranched alkanes of at least 4 members (excludes halogenated alkanes) is 6. The number of hydrogen-bond donors (Lipinski definition) is 1. The zero-order valence-corrected chi connectivity index (χ0v) is 19.1. The largest absolute Gasteiger partial charge is 0.446 e. The Hall–Kier alpha value is -2.18. The topological polar surface area (TPSA) is 58.6 Å². The van der Waals surface area contributed by atoms with Gasteiger partial charge in [-0.15, -0.1) is 11.3 Å². The van der Waals surface area contributed by atoms with Crippen LogP contribution in [-0.2, 0) is 9.53 Å². The average Bonchev–Trinajstić information content (AvgIpc) is 3.32. The lowest BCUT2D eigenvalue weighted by molar-refractivity contribution is -0.107. The number of nitrogens with one attached hydrogen (secondary N) is 1. The van der Waals surface area contributed by atoms with E-state index in [1.54, 1.807) is 11.3 Å². The van der Waals surface area contributed by atoms with Crippen molar-refractivity contribution in [3.8, 4) is 10.4 Å². The van der Waals surface area contributed by atoms with Gasteiger partial charge in [0.25, 0.3) is 0 Å². The average molecular weight is 443 g/mol. The van der Waals surface area contributed by atoms with Crippen molar-refractivity contribution in [1.29, 1.82) is 0 Å². The molecule has 1 fully saturated rings. The molecule has 0 radical (unpaired) electrons. The Bertz CT molecular complexity index is 786. The van der Waals surface area contributed by atoms with E-state index in [9.17, 15) is 9.59 Å². The fourth-order valence-corrected chi connectivity index (χ4v) is 4.82. The Labute approximate surface area is 189 Å². The van der Waals surface area contributed by atoms with Gasteiger partial charge in [0.15, 0.2) is 0 Å². The van der Waals surface area contributed by atoms with Crippen molar-refractivity contribution >= 4 is 29.4 Å². The van der Waals surface area contributed by atoms with Crippen LogP contribution >= 0.6 is 11.3 Å². The van der Waals surface area contributed by atoms with E-state index in [0.29, 0.717) is 6.42 Å². The summed E-state index contributed by atoms with van der Waals surface area (Å²) in [5, 5.41) is 4.97. The van der Waals surface area contributed by atoms with E-state index in [0.717, 1.165) is 61.3 Å². The monoisotopic (exact) mass is 442 g/mol. The molecule has 1 amide bonds. The van der Waals surface area contributed by atoms with E-state index in [2.05, 4.69) is 16.3 Å². The Balaban J connectivity index is 1.32. The van der Waals surface area contributed by atoms with Gasteiger partial charge in [0.2, 0.25) is 0 Å². The summed E-state index contributed by atoms with van der Waals surface area (Å²) in [6, 6.07) is 11.9. The fraction of sp³-hybridized carbons (Fsp3) is 0.520. The molecule has 168 valence electrons. The molecule has 1 aliphatic rings. The number of thiophene rings is 1. The minimum atomic E-state index is -0.364. The van der Waals surface area contributed by atoms with Gasteiger partial charge in [-0.05, 0) is 49.7 Å². The first-order valence-corrected chi connectivity index (χ1v) is 12.4. The van der Waals surface area contributed by atoms with Gasteiger partial charge >= 0.3 is 6.09 Å². The lowest BCUT2D eigenvalue weighted by Crippen LogP contribution is -2.38. The molecule has 1 aromatic carbocycles. The summed E-state index contributed by atoms with van der Waals surface area (Å²) < 4.78 is 5.71. The zero-order chi connectivity index (χ0) is 21.7. The van der Waals surface area contributed by atoms with Crippen LogP contribution in [0.4, 0.5) is 10.5 Å². The summed E-state index contributed by atoms with van der Waals surface area (Å²) in [6.45, 7) is 3.10. The Morgan fingerprint density at radius 1 is 1.03 bits per heavy atom. The second-order valence-corrected chi connectivity index (χ2v) is 9.12. The van der Waals surface area contributed by atoms with Crippen molar-refractivity contribution in [2.45, 2.75) is 63.9 Å². The van der Waals surface area contributed by atoms with Crippen molar-refractivity contribution in [2.24, 2.45) is 0 Å². The van der Waals surface area contributed by atoms with E-state index in [-0.39, 0.29) is 12.2 Å². The highest BCUT2D eigenvalue weighted by Gasteiger charge is 2.22. The van der Waals surface area contributed by atoms with E-state index in [1.807, 2.05) is 35.7 Å². The SMILES string of the molecule is O=CCCCCCCCCN1CCC(OC(=O)Nc2ccccc2-c2cccs2)CC1. The predicted octanol–water partition coefficient (Wildman–Crippen LogP) is 6.36. The summed E-state index contributed by atoms with van der Waals surface area (Å²) >= 11 is 1.66. The Kier molecular flexibility index (Phi) is 10.1. The number of amides is 1. The molecular formula is C25H34N2O3S. The maximum atomic E-state index is 12.5. The molecule has 0 bridgehead atoms. The number of carbonyl (C=O) groups excluding carboxylic acids is 2. The molecule has 6 heteroatoms. The van der Waals surface area contributed by atoms with Crippen molar-refractivity contribution < 1.29 is 14.3 Å². The minimum Gasteiger partial charge on any atom is -0.446 e. The number of nitrogens with zero attached hydrogens (tertiary/aromatic N) is 1. The van der Waals surface area contributed by atoms with Crippen LogP contribution in [0.1, 0.15) is 57.8 Å². The molecule has 2 heterocycles. The Morgan fingerprint density at radius 2 is 1.77 bits per heavy atom. The van der Waals surface area contributed by atoms with Crippen molar-refractivity contribution in [3.63, 3.8) is 0 Å². The molecule has 0 unspecified atom stereocenters. The molecule has 0 atom stereocenters. The number of piperidine rings is 1. The predicted molar refractivity (Wildman–Crippen MR) is 128 cm³/mol. The van der Waals surface area contributed by atoms with Crippen molar-refractivity contribution in [1.82, 2.24) is 4.90 Å². The van der Waals surface area contributed by atoms with Gasteiger partial charge in [0.1, 0.15) is 12.4 Å². The second-order valence-electron chi connectivity index (χ2n) is 8.17. The van der Waals surface area contributed by atoms with Crippen LogP contribution in [0.3, 0.4) is 0 Å². The smallest absolute Gasteiger partial charge is 0.411 e. The number of ether oxygens (including phenoxy) is 1. The Morgan fingerprint density at radius 3 is 2.52 bits per heavy atom. The molecule has 0 aliphatic carbocycles. The quantitative estimate of drug-likeness (QED) is 0.307. The molecule has 0 saturated carbocycles. The first-order chi connectivity index (χ1) is 15.3. The number of rotatable bonds is 12. The fourth-order valence-electron chi connectivity index (χ4n) is 4.05. The summed E-state index contributed by atoms with van der Waals surface area (Å²) in [5.41, 5.74) is 1.81. The van der Waals surface area contributed by atoms with E-state index < -0.39 is 0 Å². The number of hydrogen-bond acceptors (Lipinski definition) is 5. The van der Waals surface area contributed by atoms with E-state index in [1.165, 1.54) is 32.1 Å². The first-order valence-electron chi connectivity index (χ1n) is 11.5. The third-order valence-corrected chi connectivity index (χ3v) is 6.71. The molecular weight excluding hydrogens is 408 g/mol. The van der Waals surface area contributed by atoms with Crippen LogP contribution in [-0.4, -0.2) is 43.0 Å². The second kappa shape index (κ2) is 13.3. The number of benzene rings is 1. The van der Waals surface area contributed by atoms with Gasteiger partial charge in [-0.25, -0.2) is 4.79 Å². The third kappa shape index (κ3) is 8.11. The van der Waals surface area contributed by atoms with Crippen LogP contribution in [0, 0.1) is 0 Å². The van der Waals surface area contributed by atoms with Crippen LogP contribution in [0.2, 0.25) is 0 Å². The lowest BCUT2D eigenvalue weighted by Gasteiger charge is -2.31. The van der Waals surface area contributed by atoms with Gasteiger partial charge in [0.05, 0.1) is 5.69 Å². The number of carbonyl (C=O) groups is 2. The molecule has 31 heavy (non-hydrogen) atoms. The van der Waals surface area contributed by atoms with E-state index in [4.69, 9.17) is 4.74 Å². The highest BCUT2D eigenvalue weighted by Crippen LogP contribution is 2.31. The van der Waals surface area contributed by atoms with Crippen molar-refractivity contribution in [2.75, 3.05) is 25.0 Å². The van der Waals surface area contributed by atoms with Gasteiger partial charge in [-0.3, -0.25) is 5.32 Å². The number of anilines is 1. The molecule has 1 N–H and O–H groups in total. The number of para-hydroxylation sites is 1. The highest BCUT2D eigenvalue weighted by atomic mass is 32.1. The van der Waals surface area contributed by atoms with Crippen LogP contribution in [0.5, 0.6) is 0 Å². The zero-order valence-electron chi connectivity index (χ0n) is 18.3. The molecule has 0 spiro atoms. The summed E-state index contributed by atoms with van der Waals surface area (Å²) in [7, 11) is 0. The maximum Gasteiger partial charge on any atom is 0.411 e. The van der Waals surface area contributed by atoms with Crippen molar-refractivity contribution in [3.05, 3.63) is 41.8 Å². The number of likely N-dealkylation sites (tertiary alicyclic amines) is 1. The summed E-state index contributed by atoms with van der Waals surface area (Å²) in [6.07, 6.45) is 10.3. The van der Waals surface area contributed by atoms with Crippen LogP contribution in [0.25, 0.3) is 10.4 Å². The molecule has 2 aromatic rings. The highest BCUT2D eigenvalue weighted by molar-refractivity contribution is 7.13. The molecule has 1 aliphatic heterocycles. The number of aldehydes is 1. The molecule has 1 aromatic heterocycles.